The lowest BCUT2D eigenvalue weighted by atomic mass is 9.83. The molecule has 2 saturated carbocycles. The Kier molecular flexibility index (Phi) is 5.29. The molecule has 2 aliphatic carbocycles. The predicted octanol–water partition coefficient (Wildman–Crippen LogP) is 2.62. The highest BCUT2D eigenvalue weighted by Crippen LogP contribution is 2.50. The van der Waals surface area contributed by atoms with Crippen LogP contribution in [0.3, 0.4) is 0 Å². The fraction of sp³-hybridized carbons (Fsp3) is 1.00. The first-order valence-corrected chi connectivity index (χ1v) is 9.95. The summed E-state index contributed by atoms with van der Waals surface area (Å²) in [6.45, 7) is 3.17. The van der Waals surface area contributed by atoms with Gasteiger partial charge in [-0.1, -0.05) is 13.3 Å². The van der Waals surface area contributed by atoms with Crippen LogP contribution in [0.5, 0.6) is 0 Å². The zero-order valence-corrected chi connectivity index (χ0v) is 13.2. The fourth-order valence-electron chi connectivity index (χ4n) is 4.04. The van der Waals surface area contributed by atoms with Gasteiger partial charge in [-0.2, -0.15) is 0 Å². The summed E-state index contributed by atoms with van der Waals surface area (Å²) in [6, 6.07) is 0.402. The molecule has 4 unspecified atom stereocenters. The minimum Gasteiger partial charge on any atom is -0.314 e. The highest BCUT2D eigenvalue weighted by molar-refractivity contribution is 7.90. The van der Waals surface area contributed by atoms with Gasteiger partial charge in [0.25, 0.3) is 0 Å². The Hall–Kier alpha value is -0.0900. The third-order valence-corrected chi connectivity index (χ3v) is 5.97. The Morgan fingerprint density at radius 1 is 1.26 bits per heavy atom. The van der Waals surface area contributed by atoms with Crippen molar-refractivity contribution in [1.29, 1.82) is 0 Å². The lowest BCUT2D eigenvalue weighted by Crippen LogP contribution is -2.34. The largest absolute Gasteiger partial charge is 0.314 e. The quantitative estimate of drug-likeness (QED) is 0.746. The lowest BCUT2D eigenvalue weighted by Gasteiger charge is -2.27. The minimum absolute atomic E-state index is 0.329. The molecule has 0 amide bonds. The van der Waals surface area contributed by atoms with E-state index in [1.165, 1.54) is 38.4 Å². The van der Waals surface area contributed by atoms with E-state index in [1.54, 1.807) is 0 Å². The second-order valence-electron chi connectivity index (χ2n) is 6.74. The van der Waals surface area contributed by atoms with Gasteiger partial charge in [-0.15, -0.1) is 0 Å². The summed E-state index contributed by atoms with van der Waals surface area (Å²) in [4.78, 5) is 0. The van der Waals surface area contributed by atoms with Crippen LogP contribution in [-0.2, 0) is 9.84 Å². The number of rotatable bonds is 8. The van der Waals surface area contributed by atoms with E-state index in [4.69, 9.17) is 0 Å². The van der Waals surface area contributed by atoms with Gasteiger partial charge in [0.1, 0.15) is 9.84 Å². The van der Waals surface area contributed by atoms with Crippen LogP contribution in [0.4, 0.5) is 0 Å². The standard InChI is InChI=1S/C15H29NO2S/c1-3-7-16-15(6-8-19(2,17)18)11-14-10-12-4-5-13(14)9-12/h12-16H,3-11H2,1-2H3. The van der Waals surface area contributed by atoms with Crippen LogP contribution in [0, 0.1) is 17.8 Å². The Bertz CT molecular complexity index is 380. The molecule has 4 heteroatoms. The second kappa shape index (κ2) is 6.57. The van der Waals surface area contributed by atoms with Crippen LogP contribution >= 0.6 is 0 Å². The van der Waals surface area contributed by atoms with Crippen LogP contribution in [0.15, 0.2) is 0 Å². The summed E-state index contributed by atoms with van der Waals surface area (Å²) in [7, 11) is -2.83. The maximum absolute atomic E-state index is 11.3. The van der Waals surface area contributed by atoms with Crippen molar-refractivity contribution in [2.75, 3.05) is 18.6 Å². The van der Waals surface area contributed by atoms with E-state index >= 15 is 0 Å². The Balaban J connectivity index is 1.82. The molecule has 0 aromatic rings. The smallest absolute Gasteiger partial charge is 0.147 e. The number of nitrogens with one attached hydrogen (secondary N) is 1. The van der Waals surface area contributed by atoms with Crippen LogP contribution in [-0.4, -0.2) is 33.0 Å². The number of hydrogen-bond donors (Lipinski definition) is 1. The molecule has 1 N–H and O–H groups in total. The molecule has 112 valence electrons. The number of sulfone groups is 1. The predicted molar refractivity (Wildman–Crippen MR) is 80.0 cm³/mol. The molecule has 3 nitrogen and oxygen atoms in total. The van der Waals surface area contributed by atoms with E-state index in [0.717, 1.165) is 37.1 Å². The Morgan fingerprint density at radius 3 is 2.58 bits per heavy atom. The van der Waals surface area contributed by atoms with Gasteiger partial charge >= 0.3 is 0 Å². The monoisotopic (exact) mass is 287 g/mol. The zero-order chi connectivity index (χ0) is 13.9. The molecule has 4 atom stereocenters. The second-order valence-corrected chi connectivity index (χ2v) is 9.00. The molecular weight excluding hydrogens is 258 g/mol. The Morgan fingerprint density at radius 2 is 2.05 bits per heavy atom. The lowest BCUT2D eigenvalue weighted by molar-refractivity contribution is 0.275. The third-order valence-electron chi connectivity index (χ3n) is 4.99. The minimum atomic E-state index is -2.83. The summed E-state index contributed by atoms with van der Waals surface area (Å²) in [5, 5.41) is 3.56. The molecule has 0 saturated heterocycles. The SMILES string of the molecule is CCCNC(CCS(C)(=O)=O)CC1CC2CCC1C2. The van der Waals surface area contributed by atoms with Crippen LogP contribution in [0.1, 0.15) is 51.9 Å². The van der Waals surface area contributed by atoms with Crippen molar-refractivity contribution < 1.29 is 8.42 Å². The van der Waals surface area contributed by atoms with E-state index in [0.29, 0.717) is 11.8 Å². The molecule has 2 fully saturated rings. The third kappa shape index (κ3) is 4.75. The number of hydrogen-bond acceptors (Lipinski definition) is 3. The summed E-state index contributed by atoms with van der Waals surface area (Å²) >= 11 is 0. The van der Waals surface area contributed by atoms with Crippen molar-refractivity contribution in [3.63, 3.8) is 0 Å². The van der Waals surface area contributed by atoms with Crippen molar-refractivity contribution >= 4 is 9.84 Å². The van der Waals surface area contributed by atoms with E-state index in [9.17, 15) is 8.42 Å². The molecule has 2 rings (SSSR count). The van der Waals surface area contributed by atoms with E-state index in [1.807, 2.05) is 0 Å². The van der Waals surface area contributed by atoms with Gasteiger partial charge in [0.2, 0.25) is 0 Å². The molecular formula is C15H29NO2S. The normalized spacial score (nSPS) is 31.8. The van der Waals surface area contributed by atoms with Gasteiger partial charge in [0.15, 0.2) is 0 Å². The molecule has 0 heterocycles. The van der Waals surface area contributed by atoms with Gasteiger partial charge in [-0.3, -0.25) is 0 Å². The molecule has 0 spiro atoms. The van der Waals surface area contributed by atoms with Gasteiger partial charge in [0.05, 0.1) is 5.75 Å². The topological polar surface area (TPSA) is 46.2 Å². The fourth-order valence-corrected chi connectivity index (χ4v) is 4.75. The summed E-state index contributed by atoms with van der Waals surface area (Å²) in [5.41, 5.74) is 0. The molecule has 0 aromatic carbocycles. The summed E-state index contributed by atoms with van der Waals surface area (Å²) in [5.74, 6) is 3.11. The molecule has 19 heavy (non-hydrogen) atoms. The van der Waals surface area contributed by atoms with Crippen LogP contribution in [0.25, 0.3) is 0 Å². The van der Waals surface area contributed by atoms with Crippen molar-refractivity contribution in [1.82, 2.24) is 5.32 Å². The summed E-state index contributed by atoms with van der Waals surface area (Å²) < 4.78 is 22.7. The highest BCUT2D eigenvalue weighted by Gasteiger charge is 2.39. The van der Waals surface area contributed by atoms with Crippen molar-refractivity contribution in [3.8, 4) is 0 Å². The maximum atomic E-state index is 11.3. The first-order chi connectivity index (χ1) is 8.98. The Labute approximate surface area is 118 Å². The average Bonchev–Trinajstić information content (AvgIpc) is 2.93. The average molecular weight is 287 g/mol. The van der Waals surface area contributed by atoms with Crippen LogP contribution < -0.4 is 5.32 Å². The van der Waals surface area contributed by atoms with Gasteiger partial charge < -0.3 is 5.32 Å². The zero-order valence-electron chi connectivity index (χ0n) is 12.4. The van der Waals surface area contributed by atoms with Crippen molar-refractivity contribution in [2.24, 2.45) is 17.8 Å². The number of fused-ring (bicyclic) bond motifs is 2. The molecule has 2 bridgehead atoms. The van der Waals surface area contributed by atoms with Crippen LogP contribution in [0.2, 0.25) is 0 Å². The molecule has 0 aromatic heterocycles. The van der Waals surface area contributed by atoms with Crippen molar-refractivity contribution in [2.45, 2.75) is 57.9 Å². The first-order valence-electron chi connectivity index (χ1n) is 7.89. The van der Waals surface area contributed by atoms with Gasteiger partial charge in [0, 0.05) is 12.3 Å². The molecule has 0 aliphatic heterocycles. The summed E-state index contributed by atoms with van der Waals surface area (Å²) in [6.07, 6.45) is 10.1. The van der Waals surface area contributed by atoms with Crippen molar-refractivity contribution in [3.05, 3.63) is 0 Å². The first kappa shape index (κ1) is 15.3. The van der Waals surface area contributed by atoms with E-state index in [2.05, 4.69) is 12.2 Å². The molecule has 0 radical (unpaired) electrons. The van der Waals surface area contributed by atoms with Gasteiger partial charge in [-0.25, -0.2) is 8.42 Å². The highest BCUT2D eigenvalue weighted by atomic mass is 32.2. The maximum Gasteiger partial charge on any atom is 0.147 e. The molecule has 2 aliphatic rings. The van der Waals surface area contributed by atoms with E-state index < -0.39 is 9.84 Å². The van der Waals surface area contributed by atoms with Gasteiger partial charge in [-0.05, 0) is 62.8 Å². The van der Waals surface area contributed by atoms with E-state index in [-0.39, 0.29) is 0 Å².